The van der Waals surface area contributed by atoms with Crippen molar-refractivity contribution in [2.45, 2.75) is 64.1 Å². The van der Waals surface area contributed by atoms with E-state index in [1.807, 2.05) is 66.4 Å². The lowest BCUT2D eigenvalue weighted by molar-refractivity contribution is -0.138. The summed E-state index contributed by atoms with van der Waals surface area (Å²) in [5.74, 6) is 0.389. The molecule has 1 saturated carbocycles. The Bertz CT molecular complexity index is 1230. The number of aromatic amines is 1. The topological polar surface area (TPSA) is 107 Å². The molecule has 3 N–H and O–H groups in total. The van der Waals surface area contributed by atoms with E-state index in [1.165, 1.54) is 0 Å². The Morgan fingerprint density at radius 1 is 1.05 bits per heavy atom. The lowest BCUT2D eigenvalue weighted by Crippen LogP contribution is -2.52. The highest BCUT2D eigenvalue weighted by molar-refractivity contribution is 5.93. The smallest absolute Gasteiger partial charge is 0.243 e. The van der Waals surface area contributed by atoms with Crippen LogP contribution in [-0.4, -0.2) is 45.2 Å². The van der Waals surface area contributed by atoms with Gasteiger partial charge in [-0.2, -0.15) is 0 Å². The van der Waals surface area contributed by atoms with Crippen LogP contribution in [0.4, 0.5) is 0 Å². The Hall–Kier alpha value is -3.68. The Morgan fingerprint density at radius 2 is 1.78 bits per heavy atom. The number of fused-ring (bicyclic) bond motifs is 1. The number of carbonyl (C=O) groups is 3. The van der Waals surface area contributed by atoms with Crippen molar-refractivity contribution in [1.82, 2.24) is 25.5 Å². The van der Waals surface area contributed by atoms with Crippen molar-refractivity contribution in [1.29, 1.82) is 0 Å². The van der Waals surface area contributed by atoms with Crippen LogP contribution in [0, 0.1) is 11.8 Å². The van der Waals surface area contributed by atoms with E-state index < -0.39 is 12.1 Å². The highest BCUT2D eigenvalue weighted by Gasteiger charge is 2.37. The summed E-state index contributed by atoms with van der Waals surface area (Å²) in [6.45, 7) is 4.61. The summed E-state index contributed by atoms with van der Waals surface area (Å²) < 4.78 is 0. The summed E-state index contributed by atoms with van der Waals surface area (Å²) >= 11 is 0. The second kappa shape index (κ2) is 10.7. The molecule has 1 aliphatic heterocycles. The molecule has 3 aromatic rings. The molecule has 8 nitrogen and oxygen atoms in total. The van der Waals surface area contributed by atoms with Crippen LogP contribution >= 0.6 is 0 Å². The second-order valence-electron chi connectivity index (χ2n) is 10.6. The number of para-hydroxylation sites is 2. The molecule has 2 heterocycles. The van der Waals surface area contributed by atoms with E-state index in [9.17, 15) is 14.4 Å². The van der Waals surface area contributed by atoms with E-state index in [1.54, 1.807) is 0 Å². The van der Waals surface area contributed by atoms with Gasteiger partial charge in [-0.05, 0) is 56.2 Å². The van der Waals surface area contributed by atoms with Crippen molar-refractivity contribution in [2.75, 3.05) is 6.54 Å². The van der Waals surface area contributed by atoms with E-state index in [0.29, 0.717) is 18.3 Å². The van der Waals surface area contributed by atoms with Gasteiger partial charge in [0.2, 0.25) is 17.7 Å². The van der Waals surface area contributed by atoms with E-state index in [-0.39, 0.29) is 36.1 Å². The molecule has 8 heteroatoms. The molecule has 1 saturated heterocycles. The molecule has 2 aromatic carbocycles. The second-order valence-corrected chi connectivity index (χ2v) is 10.6. The van der Waals surface area contributed by atoms with E-state index >= 15 is 0 Å². The van der Waals surface area contributed by atoms with Crippen LogP contribution < -0.4 is 10.6 Å². The predicted molar refractivity (Wildman–Crippen MR) is 141 cm³/mol. The molecule has 3 amide bonds. The zero-order chi connectivity index (χ0) is 25.9. The molecule has 194 valence electrons. The third kappa shape index (κ3) is 5.53. The number of likely N-dealkylation sites (tertiary alicyclic amines) is 1. The van der Waals surface area contributed by atoms with Crippen LogP contribution in [0.5, 0.6) is 0 Å². The van der Waals surface area contributed by atoms with Crippen molar-refractivity contribution in [3.05, 3.63) is 66.0 Å². The molecule has 2 aliphatic rings. The molecular formula is C29H35N5O3. The van der Waals surface area contributed by atoms with Gasteiger partial charge in [0.15, 0.2) is 0 Å². The van der Waals surface area contributed by atoms with Gasteiger partial charge >= 0.3 is 0 Å². The number of H-pyrrole nitrogens is 1. The van der Waals surface area contributed by atoms with Crippen LogP contribution in [0.2, 0.25) is 0 Å². The lowest BCUT2D eigenvalue weighted by Gasteiger charge is -2.33. The molecule has 2 unspecified atom stereocenters. The number of carbonyl (C=O) groups excluding carboxylic acids is 3. The average molecular weight is 502 g/mol. The fourth-order valence-corrected chi connectivity index (χ4v) is 5.55. The maximum absolute atomic E-state index is 13.5. The normalized spacial score (nSPS) is 22.8. The number of rotatable bonds is 8. The number of hydrogen-bond donors (Lipinski definition) is 3. The van der Waals surface area contributed by atoms with Crippen LogP contribution in [0.3, 0.4) is 0 Å². The van der Waals surface area contributed by atoms with E-state index in [2.05, 4.69) is 27.5 Å². The third-order valence-corrected chi connectivity index (χ3v) is 7.69. The van der Waals surface area contributed by atoms with Gasteiger partial charge in [0.25, 0.3) is 0 Å². The molecule has 3 atom stereocenters. The number of hydrogen-bond acceptors (Lipinski definition) is 4. The molecule has 37 heavy (non-hydrogen) atoms. The molecule has 1 aliphatic carbocycles. The first-order valence-corrected chi connectivity index (χ1v) is 13.3. The molecule has 0 bridgehead atoms. The van der Waals surface area contributed by atoms with Gasteiger partial charge in [0.05, 0.1) is 29.5 Å². The van der Waals surface area contributed by atoms with Crippen LogP contribution in [0.15, 0.2) is 54.6 Å². The van der Waals surface area contributed by atoms with Crippen molar-refractivity contribution in [3.63, 3.8) is 0 Å². The first-order valence-electron chi connectivity index (χ1n) is 13.3. The number of aromatic nitrogens is 2. The van der Waals surface area contributed by atoms with Crippen molar-refractivity contribution in [3.8, 4) is 0 Å². The monoisotopic (exact) mass is 501 g/mol. The van der Waals surface area contributed by atoms with Crippen molar-refractivity contribution >= 4 is 28.8 Å². The van der Waals surface area contributed by atoms with Gasteiger partial charge in [-0.15, -0.1) is 0 Å². The van der Waals surface area contributed by atoms with Gasteiger partial charge in [-0.3, -0.25) is 14.4 Å². The summed E-state index contributed by atoms with van der Waals surface area (Å²) in [6.07, 6.45) is 3.35. The first kappa shape index (κ1) is 25.0. The van der Waals surface area contributed by atoms with Gasteiger partial charge in [-0.25, -0.2) is 4.98 Å². The molecular weight excluding hydrogens is 466 g/mol. The number of amides is 3. The maximum Gasteiger partial charge on any atom is 0.243 e. The Balaban J connectivity index is 1.30. The van der Waals surface area contributed by atoms with Gasteiger partial charge < -0.3 is 20.5 Å². The molecule has 0 radical (unpaired) electrons. The highest BCUT2D eigenvalue weighted by atomic mass is 16.2. The summed E-state index contributed by atoms with van der Waals surface area (Å²) in [5.41, 5.74) is 2.80. The number of nitrogens with zero attached hydrogens (tertiary/aromatic N) is 2. The number of benzene rings is 2. The van der Waals surface area contributed by atoms with E-state index in [4.69, 9.17) is 0 Å². The SMILES string of the molecule is CC1CC(C(=O)NC(CC(=O)N2CCC[C@H]2c2ccccc2)C(=O)NC(C)c2nc3ccccc3[nH]2)C1. The van der Waals surface area contributed by atoms with Gasteiger partial charge in [-0.1, -0.05) is 49.4 Å². The highest BCUT2D eigenvalue weighted by Crippen LogP contribution is 2.34. The summed E-state index contributed by atoms with van der Waals surface area (Å²) in [7, 11) is 0. The third-order valence-electron chi connectivity index (χ3n) is 7.69. The molecule has 0 spiro atoms. The number of nitrogens with one attached hydrogen (secondary N) is 3. The Kier molecular flexibility index (Phi) is 7.26. The predicted octanol–water partition coefficient (Wildman–Crippen LogP) is 4.02. The number of imidazole rings is 1. The minimum absolute atomic E-state index is 0.00457. The first-order chi connectivity index (χ1) is 17.9. The Morgan fingerprint density at radius 3 is 2.51 bits per heavy atom. The summed E-state index contributed by atoms with van der Waals surface area (Å²) in [5, 5.41) is 5.87. The fraction of sp³-hybridized carbons (Fsp3) is 0.448. The molecule has 1 aromatic heterocycles. The zero-order valence-corrected chi connectivity index (χ0v) is 21.4. The summed E-state index contributed by atoms with van der Waals surface area (Å²) in [6, 6.07) is 16.3. The zero-order valence-electron chi connectivity index (χ0n) is 21.4. The maximum atomic E-state index is 13.5. The van der Waals surface area contributed by atoms with E-state index in [0.717, 1.165) is 42.3 Å². The minimum Gasteiger partial charge on any atom is -0.345 e. The molecule has 5 rings (SSSR count). The standard InChI is InChI=1S/C29H35N5O3/c1-18-15-21(16-18)28(36)33-24(17-26(35)34-14-8-13-25(34)20-9-4-3-5-10-20)29(37)30-19(2)27-31-22-11-6-7-12-23(22)32-27/h3-7,9-12,18-19,21,24-25H,8,13-17H2,1-2H3,(H,30,37)(H,31,32)(H,33,36)/t18?,19?,21?,24?,25-/m0/s1. The summed E-state index contributed by atoms with van der Waals surface area (Å²) in [4.78, 5) is 49.5. The molecule has 2 fully saturated rings. The lowest BCUT2D eigenvalue weighted by atomic mass is 9.75. The van der Waals surface area contributed by atoms with Crippen LogP contribution in [-0.2, 0) is 14.4 Å². The average Bonchev–Trinajstić information content (AvgIpc) is 3.54. The van der Waals surface area contributed by atoms with Crippen LogP contribution in [0.25, 0.3) is 11.0 Å². The largest absolute Gasteiger partial charge is 0.345 e. The Labute approximate surface area is 217 Å². The van der Waals surface area contributed by atoms with Gasteiger partial charge in [0, 0.05) is 12.5 Å². The van der Waals surface area contributed by atoms with Crippen LogP contribution in [0.1, 0.15) is 69.4 Å². The minimum atomic E-state index is -0.945. The van der Waals surface area contributed by atoms with Gasteiger partial charge in [0.1, 0.15) is 11.9 Å². The fourth-order valence-electron chi connectivity index (χ4n) is 5.55. The quantitative estimate of drug-likeness (QED) is 0.433. The van der Waals surface area contributed by atoms with Crippen molar-refractivity contribution in [2.24, 2.45) is 11.8 Å². The van der Waals surface area contributed by atoms with Crippen molar-refractivity contribution < 1.29 is 14.4 Å².